The standard InChI is InChI=1S/C19H23F3N2O3/c1-12-18(26)24(15-7-2-3-8-16(15)27-12)10-9-17(25)23-14-6-4-5-13(11-14)19(20,21)22/h2-3,7-8,12-14H,4-6,9-11H2,1H3,(H,23,25). The third-order valence-corrected chi connectivity index (χ3v) is 5.14. The molecule has 2 aliphatic rings. The summed E-state index contributed by atoms with van der Waals surface area (Å²) >= 11 is 0. The van der Waals surface area contributed by atoms with Crippen molar-refractivity contribution in [2.24, 2.45) is 5.92 Å². The van der Waals surface area contributed by atoms with Crippen LogP contribution in [0, 0.1) is 5.92 Å². The van der Waals surface area contributed by atoms with E-state index in [0.717, 1.165) is 0 Å². The summed E-state index contributed by atoms with van der Waals surface area (Å²) in [6, 6.07) is 6.60. The van der Waals surface area contributed by atoms with E-state index in [9.17, 15) is 22.8 Å². The van der Waals surface area contributed by atoms with Gasteiger partial charge >= 0.3 is 6.18 Å². The first kappa shape index (κ1) is 19.5. The van der Waals surface area contributed by atoms with Gasteiger partial charge in [-0.25, -0.2) is 0 Å². The van der Waals surface area contributed by atoms with Crippen molar-refractivity contribution in [3.05, 3.63) is 24.3 Å². The molecule has 8 heteroatoms. The fourth-order valence-corrected chi connectivity index (χ4v) is 3.72. The van der Waals surface area contributed by atoms with Gasteiger partial charge in [-0.2, -0.15) is 13.2 Å². The number of benzene rings is 1. The number of fused-ring (bicyclic) bond motifs is 1. The number of hydrogen-bond acceptors (Lipinski definition) is 3. The molecule has 27 heavy (non-hydrogen) atoms. The summed E-state index contributed by atoms with van der Waals surface area (Å²) < 4.78 is 44.2. The zero-order chi connectivity index (χ0) is 19.6. The van der Waals surface area contributed by atoms with E-state index in [1.807, 2.05) is 0 Å². The van der Waals surface area contributed by atoms with Gasteiger partial charge in [0.1, 0.15) is 5.75 Å². The van der Waals surface area contributed by atoms with Crippen LogP contribution in [0.15, 0.2) is 24.3 Å². The second-order valence-corrected chi connectivity index (χ2v) is 7.14. The van der Waals surface area contributed by atoms with Crippen molar-refractivity contribution >= 4 is 17.5 Å². The molecule has 0 saturated heterocycles. The lowest BCUT2D eigenvalue weighted by molar-refractivity contribution is -0.184. The summed E-state index contributed by atoms with van der Waals surface area (Å²) in [5.74, 6) is -1.36. The van der Waals surface area contributed by atoms with Crippen LogP contribution in [0.2, 0.25) is 0 Å². The Morgan fingerprint density at radius 3 is 2.78 bits per heavy atom. The molecule has 1 fully saturated rings. The van der Waals surface area contributed by atoms with Crippen LogP contribution >= 0.6 is 0 Å². The summed E-state index contributed by atoms with van der Waals surface area (Å²) in [5, 5.41) is 2.70. The molecule has 1 aliphatic heterocycles. The first-order valence-corrected chi connectivity index (χ1v) is 9.19. The molecule has 1 aliphatic carbocycles. The molecule has 1 aromatic carbocycles. The summed E-state index contributed by atoms with van der Waals surface area (Å²) in [6.07, 6.45) is -3.80. The molecule has 3 atom stereocenters. The van der Waals surface area contributed by atoms with Crippen molar-refractivity contribution in [3.63, 3.8) is 0 Å². The van der Waals surface area contributed by atoms with Gasteiger partial charge in [0, 0.05) is 19.0 Å². The van der Waals surface area contributed by atoms with Crippen molar-refractivity contribution in [2.75, 3.05) is 11.4 Å². The van der Waals surface area contributed by atoms with E-state index in [-0.39, 0.29) is 37.6 Å². The average molecular weight is 384 g/mol. The molecule has 0 spiro atoms. The number of alkyl halides is 3. The minimum atomic E-state index is -4.22. The Bertz CT molecular complexity index is 708. The fourth-order valence-electron chi connectivity index (χ4n) is 3.72. The Kier molecular flexibility index (Phi) is 5.62. The summed E-state index contributed by atoms with van der Waals surface area (Å²) in [7, 11) is 0. The number of carbonyl (C=O) groups is 2. The van der Waals surface area contributed by atoms with Gasteiger partial charge in [-0.15, -0.1) is 0 Å². The minimum Gasteiger partial charge on any atom is -0.479 e. The van der Waals surface area contributed by atoms with Crippen LogP contribution in [0.4, 0.5) is 18.9 Å². The first-order valence-electron chi connectivity index (χ1n) is 9.19. The highest BCUT2D eigenvalue weighted by molar-refractivity contribution is 6.00. The number of rotatable bonds is 4. The van der Waals surface area contributed by atoms with Crippen molar-refractivity contribution in [2.45, 2.75) is 57.3 Å². The zero-order valence-electron chi connectivity index (χ0n) is 15.1. The van der Waals surface area contributed by atoms with Crippen LogP contribution in [0.3, 0.4) is 0 Å². The maximum atomic E-state index is 12.9. The number of anilines is 1. The van der Waals surface area contributed by atoms with Gasteiger partial charge in [0.2, 0.25) is 5.91 Å². The molecule has 5 nitrogen and oxygen atoms in total. The molecular weight excluding hydrogens is 361 g/mol. The molecule has 1 N–H and O–H groups in total. The number of halogens is 3. The van der Waals surface area contributed by atoms with E-state index in [2.05, 4.69) is 5.32 Å². The van der Waals surface area contributed by atoms with Gasteiger partial charge in [-0.05, 0) is 38.3 Å². The van der Waals surface area contributed by atoms with Crippen LogP contribution < -0.4 is 15.0 Å². The monoisotopic (exact) mass is 384 g/mol. The molecular formula is C19H23F3N2O3. The van der Waals surface area contributed by atoms with E-state index in [4.69, 9.17) is 4.74 Å². The third-order valence-electron chi connectivity index (χ3n) is 5.14. The SMILES string of the molecule is CC1Oc2ccccc2N(CCC(=O)NC2CCCC(C(F)(F)F)C2)C1=O. The van der Waals surface area contributed by atoms with E-state index >= 15 is 0 Å². The quantitative estimate of drug-likeness (QED) is 0.865. The van der Waals surface area contributed by atoms with Gasteiger partial charge in [0.15, 0.2) is 6.10 Å². The van der Waals surface area contributed by atoms with Crippen LogP contribution in [0.1, 0.15) is 39.0 Å². The molecule has 1 heterocycles. The van der Waals surface area contributed by atoms with Gasteiger partial charge in [0.05, 0.1) is 11.6 Å². The Morgan fingerprint density at radius 1 is 1.30 bits per heavy atom. The number of carbonyl (C=O) groups excluding carboxylic acids is 2. The Hall–Kier alpha value is -2.25. The number of para-hydroxylation sites is 2. The van der Waals surface area contributed by atoms with Crippen LogP contribution in [0.5, 0.6) is 5.75 Å². The molecule has 2 amide bonds. The zero-order valence-corrected chi connectivity index (χ0v) is 15.1. The second-order valence-electron chi connectivity index (χ2n) is 7.14. The van der Waals surface area contributed by atoms with Crippen molar-refractivity contribution in [3.8, 4) is 5.75 Å². The van der Waals surface area contributed by atoms with Crippen molar-refractivity contribution < 1.29 is 27.5 Å². The fraction of sp³-hybridized carbons (Fsp3) is 0.579. The molecule has 3 rings (SSSR count). The second kappa shape index (κ2) is 7.78. The maximum Gasteiger partial charge on any atom is 0.391 e. The van der Waals surface area contributed by atoms with E-state index < -0.39 is 24.2 Å². The van der Waals surface area contributed by atoms with E-state index in [1.165, 1.54) is 4.90 Å². The summed E-state index contributed by atoms with van der Waals surface area (Å²) in [6.45, 7) is 1.80. The lowest BCUT2D eigenvalue weighted by Gasteiger charge is -2.33. The Balaban J connectivity index is 1.57. The number of hydrogen-bond donors (Lipinski definition) is 1. The predicted octanol–water partition coefficient (Wildman–Crippen LogP) is 3.43. The summed E-state index contributed by atoms with van der Waals surface area (Å²) in [5.41, 5.74) is 0.600. The molecule has 1 saturated carbocycles. The van der Waals surface area contributed by atoms with Gasteiger partial charge < -0.3 is 15.0 Å². The molecule has 0 aromatic heterocycles. The lowest BCUT2D eigenvalue weighted by Crippen LogP contribution is -2.47. The van der Waals surface area contributed by atoms with E-state index in [0.29, 0.717) is 24.3 Å². The topological polar surface area (TPSA) is 58.6 Å². The highest BCUT2D eigenvalue weighted by Gasteiger charge is 2.42. The molecule has 3 unspecified atom stereocenters. The molecule has 0 bridgehead atoms. The van der Waals surface area contributed by atoms with Crippen LogP contribution in [-0.2, 0) is 9.59 Å². The van der Waals surface area contributed by atoms with Gasteiger partial charge in [0.25, 0.3) is 5.91 Å². The van der Waals surface area contributed by atoms with Crippen LogP contribution in [0.25, 0.3) is 0 Å². The first-order chi connectivity index (χ1) is 12.8. The highest BCUT2D eigenvalue weighted by Crippen LogP contribution is 2.37. The predicted molar refractivity (Wildman–Crippen MR) is 93.4 cm³/mol. The van der Waals surface area contributed by atoms with Gasteiger partial charge in [-0.1, -0.05) is 18.6 Å². The average Bonchev–Trinajstić information content (AvgIpc) is 2.61. The summed E-state index contributed by atoms with van der Waals surface area (Å²) in [4.78, 5) is 26.1. The third kappa shape index (κ3) is 4.54. The molecule has 0 radical (unpaired) electrons. The van der Waals surface area contributed by atoms with Gasteiger partial charge in [-0.3, -0.25) is 9.59 Å². The van der Waals surface area contributed by atoms with Crippen molar-refractivity contribution in [1.29, 1.82) is 0 Å². The smallest absolute Gasteiger partial charge is 0.391 e. The highest BCUT2D eigenvalue weighted by atomic mass is 19.4. The Labute approximate surface area is 155 Å². The normalized spacial score (nSPS) is 25.6. The van der Waals surface area contributed by atoms with Crippen molar-refractivity contribution in [1.82, 2.24) is 5.32 Å². The van der Waals surface area contributed by atoms with E-state index in [1.54, 1.807) is 31.2 Å². The molecule has 148 valence electrons. The Morgan fingerprint density at radius 2 is 2.04 bits per heavy atom. The number of nitrogens with one attached hydrogen (secondary N) is 1. The molecule has 1 aromatic rings. The van der Waals surface area contributed by atoms with Crippen LogP contribution in [-0.4, -0.2) is 36.7 Å². The minimum absolute atomic E-state index is 0.0278. The number of amides is 2. The number of ether oxygens (including phenoxy) is 1. The largest absolute Gasteiger partial charge is 0.479 e. The number of nitrogens with zero attached hydrogens (tertiary/aromatic N) is 1. The maximum absolute atomic E-state index is 12.9. The lowest BCUT2D eigenvalue weighted by atomic mass is 9.85.